The van der Waals surface area contributed by atoms with Gasteiger partial charge < -0.3 is 54.2 Å². The van der Waals surface area contributed by atoms with Gasteiger partial charge in [-0.1, -0.05) is 0 Å². The number of nitrogens with two attached hydrogens (primary N) is 4. The second kappa shape index (κ2) is 15.0. The first-order chi connectivity index (χ1) is 15.8. The molecule has 0 saturated heterocycles. The molecule has 0 aliphatic heterocycles. The molecule has 0 aliphatic carbocycles. The van der Waals surface area contributed by atoms with E-state index < -0.39 is 79.2 Å². The Balaban J connectivity index is 5.27. The largest absolute Gasteiger partial charge is 0.481 e. The van der Waals surface area contributed by atoms with Crippen LogP contribution in [0.4, 0.5) is 0 Å². The number of carboxylic acids is 2. The lowest BCUT2D eigenvalue weighted by molar-refractivity contribution is -0.143. The van der Waals surface area contributed by atoms with Gasteiger partial charge in [0.2, 0.25) is 23.6 Å². The van der Waals surface area contributed by atoms with Crippen LogP contribution in [0.25, 0.3) is 0 Å². The highest BCUT2D eigenvalue weighted by molar-refractivity contribution is 5.96. The number of guanidine groups is 1. The summed E-state index contributed by atoms with van der Waals surface area (Å²) in [6.45, 7) is -0.891. The first kappa shape index (κ1) is 30.0. The number of aliphatic hydroxyl groups is 1. The third kappa shape index (κ3) is 12.2. The number of carbonyl (C=O) groups excluding carboxylic acids is 4. The highest BCUT2D eigenvalue weighted by Crippen LogP contribution is 2.02. The molecule has 0 rings (SSSR count). The number of amides is 4. The molecule has 0 spiro atoms. The van der Waals surface area contributed by atoms with Crippen molar-refractivity contribution in [3.8, 4) is 0 Å². The first-order valence-corrected chi connectivity index (χ1v) is 9.84. The van der Waals surface area contributed by atoms with Crippen molar-refractivity contribution in [3.63, 3.8) is 0 Å². The maximum Gasteiger partial charge on any atom is 0.326 e. The van der Waals surface area contributed by atoms with Gasteiger partial charge in [0.1, 0.15) is 18.1 Å². The smallest absolute Gasteiger partial charge is 0.326 e. The molecule has 4 unspecified atom stereocenters. The standard InChI is InChI=1S/C17H30N8O9/c18-7(4-11(19)27)13(30)25-10(6-26)15(32)24-9(5-12(28)29)14(31)23-8(16(33)34)2-1-3-22-17(20)21/h7-10,26H,1-6,18H2,(H2,19,27)(H,23,31)(H,24,32)(H,25,30)(H,28,29)(H,33,34)(H4,20,21,22). The number of nitrogens with one attached hydrogen (secondary N) is 3. The van der Waals surface area contributed by atoms with Gasteiger partial charge in [-0.3, -0.25) is 29.0 Å². The highest BCUT2D eigenvalue weighted by atomic mass is 16.4. The molecule has 0 aromatic heterocycles. The molecular formula is C17H30N8O9. The number of aliphatic imine (C=N–C) groups is 1. The van der Waals surface area contributed by atoms with Crippen molar-refractivity contribution in [1.82, 2.24) is 16.0 Å². The second-order valence-electron chi connectivity index (χ2n) is 7.03. The van der Waals surface area contributed by atoms with E-state index in [1.807, 2.05) is 10.6 Å². The van der Waals surface area contributed by atoms with Crippen molar-refractivity contribution < 1.29 is 44.1 Å². The predicted molar refractivity (Wildman–Crippen MR) is 114 cm³/mol. The lowest BCUT2D eigenvalue weighted by Gasteiger charge is -2.23. The van der Waals surface area contributed by atoms with Crippen LogP contribution in [0.1, 0.15) is 25.7 Å². The van der Waals surface area contributed by atoms with E-state index in [1.54, 1.807) is 0 Å². The number of carbonyl (C=O) groups is 6. The zero-order chi connectivity index (χ0) is 26.4. The number of primary amides is 1. The van der Waals surface area contributed by atoms with Crippen LogP contribution in [0, 0.1) is 0 Å². The van der Waals surface area contributed by atoms with Crippen LogP contribution in [0.2, 0.25) is 0 Å². The van der Waals surface area contributed by atoms with E-state index in [0.717, 1.165) is 0 Å². The summed E-state index contributed by atoms with van der Waals surface area (Å²) in [5, 5.41) is 33.9. The molecule has 0 saturated carbocycles. The predicted octanol–water partition coefficient (Wildman–Crippen LogP) is -5.75. The topological polar surface area (TPSA) is 316 Å². The van der Waals surface area contributed by atoms with Crippen LogP contribution in [0.5, 0.6) is 0 Å². The molecule has 0 aromatic carbocycles. The number of nitrogens with zero attached hydrogens (tertiary/aromatic N) is 1. The van der Waals surface area contributed by atoms with Gasteiger partial charge in [0, 0.05) is 6.54 Å². The molecule has 17 heteroatoms. The van der Waals surface area contributed by atoms with Gasteiger partial charge in [0.25, 0.3) is 0 Å². The fourth-order valence-corrected chi connectivity index (χ4v) is 2.47. The Labute approximate surface area is 193 Å². The summed E-state index contributed by atoms with van der Waals surface area (Å²) in [6, 6.07) is -6.29. The van der Waals surface area contributed by atoms with Crippen LogP contribution < -0.4 is 38.9 Å². The molecule has 14 N–H and O–H groups in total. The number of hydrogen-bond donors (Lipinski definition) is 10. The van der Waals surface area contributed by atoms with Crippen molar-refractivity contribution in [2.45, 2.75) is 49.9 Å². The van der Waals surface area contributed by atoms with E-state index in [4.69, 9.17) is 28.0 Å². The summed E-state index contributed by atoms with van der Waals surface area (Å²) in [6.07, 6.45) is -1.44. The van der Waals surface area contributed by atoms with Crippen LogP contribution in [0.15, 0.2) is 4.99 Å². The van der Waals surface area contributed by atoms with Gasteiger partial charge in [-0.2, -0.15) is 0 Å². The van der Waals surface area contributed by atoms with Crippen molar-refractivity contribution >= 4 is 41.5 Å². The highest BCUT2D eigenvalue weighted by Gasteiger charge is 2.31. The van der Waals surface area contributed by atoms with Crippen molar-refractivity contribution in [2.24, 2.45) is 27.9 Å². The molecule has 192 valence electrons. The van der Waals surface area contributed by atoms with Gasteiger partial charge in [0.05, 0.1) is 25.5 Å². The summed E-state index contributed by atoms with van der Waals surface area (Å²) in [5.41, 5.74) is 20.7. The Kier molecular flexibility index (Phi) is 13.2. The maximum atomic E-state index is 12.5. The summed E-state index contributed by atoms with van der Waals surface area (Å²) in [4.78, 5) is 73.9. The van der Waals surface area contributed by atoms with Crippen molar-refractivity contribution in [2.75, 3.05) is 13.2 Å². The summed E-state index contributed by atoms with van der Waals surface area (Å²) >= 11 is 0. The Morgan fingerprint density at radius 2 is 1.32 bits per heavy atom. The molecule has 0 heterocycles. The Morgan fingerprint density at radius 3 is 1.79 bits per heavy atom. The molecule has 0 aliphatic rings. The van der Waals surface area contributed by atoms with Crippen LogP contribution in [-0.2, 0) is 28.8 Å². The third-order valence-corrected chi connectivity index (χ3v) is 4.15. The van der Waals surface area contributed by atoms with E-state index in [2.05, 4.69) is 10.3 Å². The second-order valence-corrected chi connectivity index (χ2v) is 7.03. The normalized spacial score (nSPS) is 13.9. The molecule has 34 heavy (non-hydrogen) atoms. The molecule has 4 atom stereocenters. The minimum absolute atomic E-state index is 0.0764. The quantitative estimate of drug-likeness (QED) is 0.0549. The summed E-state index contributed by atoms with van der Waals surface area (Å²) in [7, 11) is 0. The SMILES string of the molecule is NC(=O)CC(N)C(=O)NC(CO)C(=O)NC(CC(=O)O)C(=O)NC(CCCN=C(N)N)C(=O)O. The number of carboxylic acid groups (broad SMARTS) is 2. The molecule has 0 fully saturated rings. The van der Waals surface area contributed by atoms with Gasteiger partial charge in [-0.25, -0.2) is 4.79 Å². The number of hydrogen-bond acceptors (Lipinski definition) is 9. The van der Waals surface area contributed by atoms with E-state index in [9.17, 15) is 39.0 Å². The fraction of sp³-hybridized carbons (Fsp3) is 0.588. The Morgan fingerprint density at radius 1 is 0.794 bits per heavy atom. The summed E-state index contributed by atoms with van der Waals surface area (Å²) in [5.74, 6) is -7.35. The monoisotopic (exact) mass is 490 g/mol. The van der Waals surface area contributed by atoms with E-state index in [-0.39, 0.29) is 25.3 Å². The molecule has 0 bridgehead atoms. The minimum atomic E-state index is -1.75. The van der Waals surface area contributed by atoms with Crippen LogP contribution >= 0.6 is 0 Å². The zero-order valence-electron chi connectivity index (χ0n) is 18.1. The van der Waals surface area contributed by atoms with Gasteiger partial charge in [0.15, 0.2) is 5.96 Å². The number of aliphatic carboxylic acids is 2. The van der Waals surface area contributed by atoms with Crippen LogP contribution in [-0.4, -0.2) is 94.2 Å². The van der Waals surface area contributed by atoms with E-state index >= 15 is 0 Å². The molecule has 0 radical (unpaired) electrons. The van der Waals surface area contributed by atoms with Gasteiger partial charge >= 0.3 is 11.9 Å². The molecule has 4 amide bonds. The third-order valence-electron chi connectivity index (χ3n) is 4.15. The lowest BCUT2D eigenvalue weighted by Crippen LogP contribution is -2.58. The lowest BCUT2D eigenvalue weighted by atomic mass is 10.1. The Hall–Kier alpha value is -3.99. The van der Waals surface area contributed by atoms with E-state index in [1.165, 1.54) is 0 Å². The molecule has 0 aromatic rings. The van der Waals surface area contributed by atoms with E-state index in [0.29, 0.717) is 0 Å². The minimum Gasteiger partial charge on any atom is -0.481 e. The number of aliphatic hydroxyl groups excluding tert-OH is 1. The van der Waals surface area contributed by atoms with Gasteiger partial charge in [-0.05, 0) is 12.8 Å². The fourth-order valence-electron chi connectivity index (χ4n) is 2.47. The average Bonchev–Trinajstić information content (AvgIpc) is 2.71. The Bertz CT molecular complexity index is 800. The molecule has 17 nitrogen and oxygen atoms in total. The number of rotatable bonds is 16. The van der Waals surface area contributed by atoms with Gasteiger partial charge in [-0.15, -0.1) is 0 Å². The van der Waals surface area contributed by atoms with Crippen LogP contribution in [0.3, 0.4) is 0 Å². The summed E-state index contributed by atoms with van der Waals surface area (Å²) < 4.78 is 0. The average molecular weight is 490 g/mol. The zero-order valence-corrected chi connectivity index (χ0v) is 18.1. The van der Waals surface area contributed by atoms with Crippen molar-refractivity contribution in [3.05, 3.63) is 0 Å². The molecular weight excluding hydrogens is 460 g/mol. The maximum absolute atomic E-state index is 12.5. The van der Waals surface area contributed by atoms with Crippen molar-refractivity contribution in [1.29, 1.82) is 0 Å². The first-order valence-electron chi connectivity index (χ1n) is 9.84.